The summed E-state index contributed by atoms with van der Waals surface area (Å²) in [5, 5.41) is 0. The second-order valence-electron chi connectivity index (χ2n) is 3.74. The molecule has 1 rings (SSSR count). The summed E-state index contributed by atoms with van der Waals surface area (Å²) in [6.45, 7) is 7.09. The molecule has 0 atom stereocenters. The van der Waals surface area contributed by atoms with E-state index in [0.717, 1.165) is 38.7 Å². The first-order valence-electron chi connectivity index (χ1n) is 5.55. The van der Waals surface area contributed by atoms with E-state index in [9.17, 15) is 0 Å². The van der Waals surface area contributed by atoms with Crippen molar-refractivity contribution in [2.24, 2.45) is 10.7 Å². The molecule has 4 nitrogen and oxygen atoms in total. The first kappa shape index (κ1) is 12.6. The molecule has 0 aromatic carbocycles. The van der Waals surface area contributed by atoms with Crippen molar-refractivity contribution in [2.45, 2.75) is 6.92 Å². The summed E-state index contributed by atoms with van der Waals surface area (Å²) >= 11 is 1.99. The van der Waals surface area contributed by atoms with Crippen LogP contribution in [0.3, 0.4) is 0 Å². The lowest BCUT2D eigenvalue weighted by molar-refractivity contribution is 0.361. The minimum atomic E-state index is 0.722. The highest BCUT2D eigenvalue weighted by atomic mass is 32.2. The average Bonchev–Trinajstić information content (AvgIpc) is 2.29. The summed E-state index contributed by atoms with van der Waals surface area (Å²) in [5.41, 5.74) is 5.92. The number of thioether (sulfide) groups is 1. The molecule has 0 amide bonds. The van der Waals surface area contributed by atoms with E-state index in [1.165, 1.54) is 11.5 Å². The Kier molecular flexibility index (Phi) is 5.86. The zero-order valence-electron chi connectivity index (χ0n) is 9.78. The van der Waals surface area contributed by atoms with Gasteiger partial charge in [-0.2, -0.15) is 11.8 Å². The summed E-state index contributed by atoms with van der Waals surface area (Å²) in [6, 6.07) is 0. The van der Waals surface area contributed by atoms with Gasteiger partial charge in [0.25, 0.3) is 0 Å². The van der Waals surface area contributed by atoms with Crippen LogP contribution in [0.25, 0.3) is 0 Å². The van der Waals surface area contributed by atoms with Gasteiger partial charge >= 0.3 is 0 Å². The van der Waals surface area contributed by atoms with Gasteiger partial charge in [-0.05, 0) is 13.6 Å². The summed E-state index contributed by atoms with van der Waals surface area (Å²) in [7, 11) is 2.10. The van der Waals surface area contributed by atoms with Gasteiger partial charge in [-0.15, -0.1) is 0 Å². The normalized spacial score (nSPS) is 18.6. The number of hydrogen-bond donors (Lipinski definition) is 1. The molecule has 0 spiro atoms. The van der Waals surface area contributed by atoms with Crippen LogP contribution in [-0.2, 0) is 0 Å². The zero-order valence-corrected chi connectivity index (χ0v) is 10.6. The molecule has 1 fully saturated rings. The van der Waals surface area contributed by atoms with E-state index in [1.807, 2.05) is 11.8 Å². The van der Waals surface area contributed by atoms with Crippen LogP contribution in [0.4, 0.5) is 0 Å². The van der Waals surface area contributed by atoms with E-state index in [4.69, 9.17) is 5.73 Å². The molecule has 0 unspecified atom stereocenters. The predicted molar refractivity (Wildman–Crippen MR) is 68.6 cm³/mol. The lowest BCUT2D eigenvalue weighted by Gasteiger charge is -2.27. The van der Waals surface area contributed by atoms with Gasteiger partial charge in [0, 0.05) is 31.1 Å². The molecule has 88 valence electrons. The van der Waals surface area contributed by atoms with Crippen molar-refractivity contribution in [3.8, 4) is 0 Å². The number of guanidine groups is 1. The second-order valence-corrected chi connectivity index (χ2v) is 4.96. The van der Waals surface area contributed by atoms with Crippen molar-refractivity contribution in [3.05, 3.63) is 0 Å². The first-order chi connectivity index (χ1) is 7.24. The highest BCUT2D eigenvalue weighted by molar-refractivity contribution is 7.99. The van der Waals surface area contributed by atoms with Crippen LogP contribution in [0.1, 0.15) is 6.92 Å². The van der Waals surface area contributed by atoms with E-state index in [-0.39, 0.29) is 0 Å². The molecule has 0 aromatic rings. The van der Waals surface area contributed by atoms with E-state index in [1.54, 1.807) is 0 Å². The third kappa shape index (κ3) is 4.75. The topological polar surface area (TPSA) is 44.9 Å². The monoisotopic (exact) mass is 230 g/mol. The predicted octanol–water partition coefficient (Wildman–Crippen LogP) is 0.302. The number of likely N-dealkylation sites (N-methyl/N-ethyl adjacent to an activating group) is 1. The number of rotatable bonds is 4. The van der Waals surface area contributed by atoms with Gasteiger partial charge in [-0.3, -0.25) is 4.99 Å². The molecule has 1 aliphatic rings. The van der Waals surface area contributed by atoms with Gasteiger partial charge in [0.2, 0.25) is 0 Å². The third-order valence-corrected chi connectivity index (χ3v) is 3.57. The fourth-order valence-electron chi connectivity index (χ4n) is 1.39. The molecular weight excluding hydrogens is 208 g/mol. The summed E-state index contributed by atoms with van der Waals surface area (Å²) in [6.07, 6.45) is 0. The number of nitrogens with two attached hydrogens (primary N) is 1. The molecule has 2 N–H and O–H groups in total. The largest absolute Gasteiger partial charge is 0.370 e. The van der Waals surface area contributed by atoms with Crippen molar-refractivity contribution < 1.29 is 0 Å². The van der Waals surface area contributed by atoms with Crippen LogP contribution in [0.2, 0.25) is 0 Å². The molecule has 0 aromatic heterocycles. The lowest BCUT2D eigenvalue weighted by Crippen LogP contribution is -2.43. The molecule has 15 heavy (non-hydrogen) atoms. The fraction of sp³-hybridized carbons (Fsp3) is 0.900. The molecule has 1 heterocycles. The molecule has 0 aliphatic carbocycles. The van der Waals surface area contributed by atoms with E-state index < -0.39 is 0 Å². The molecule has 1 aliphatic heterocycles. The molecular formula is C10H22N4S. The van der Waals surface area contributed by atoms with Crippen molar-refractivity contribution >= 4 is 17.7 Å². The Morgan fingerprint density at radius 3 is 2.73 bits per heavy atom. The lowest BCUT2D eigenvalue weighted by atomic mass is 10.5. The number of aliphatic imine (C=N–C) groups is 1. The van der Waals surface area contributed by atoms with E-state index in [2.05, 4.69) is 28.8 Å². The smallest absolute Gasteiger partial charge is 0.191 e. The van der Waals surface area contributed by atoms with Crippen LogP contribution in [0, 0.1) is 0 Å². The number of nitrogens with zero attached hydrogens (tertiary/aromatic N) is 3. The molecule has 5 heteroatoms. The Balaban J connectivity index is 2.25. The Morgan fingerprint density at radius 2 is 2.13 bits per heavy atom. The van der Waals surface area contributed by atoms with Crippen molar-refractivity contribution in [1.29, 1.82) is 0 Å². The highest BCUT2D eigenvalue weighted by Crippen LogP contribution is 2.08. The molecule has 0 bridgehead atoms. The van der Waals surface area contributed by atoms with Gasteiger partial charge in [0.1, 0.15) is 0 Å². The summed E-state index contributed by atoms with van der Waals surface area (Å²) < 4.78 is 0. The minimum Gasteiger partial charge on any atom is -0.370 e. The van der Waals surface area contributed by atoms with Crippen molar-refractivity contribution in [1.82, 2.24) is 9.80 Å². The zero-order chi connectivity index (χ0) is 11.1. The Hall–Kier alpha value is -0.420. The average molecular weight is 230 g/mol. The van der Waals surface area contributed by atoms with Crippen LogP contribution in [-0.4, -0.2) is 67.0 Å². The SMILES string of the molecule is CCN(C)CCN=C(N)N1CCSCC1. The van der Waals surface area contributed by atoms with Gasteiger partial charge in [0.15, 0.2) is 5.96 Å². The quantitative estimate of drug-likeness (QED) is 0.557. The van der Waals surface area contributed by atoms with Gasteiger partial charge in [-0.25, -0.2) is 0 Å². The van der Waals surface area contributed by atoms with Crippen LogP contribution >= 0.6 is 11.8 Å². The first-order valence-corrected chi connectivity index (χ1v) is 6.70. The summed E-state index contributed by atoms with van der Waals surface area (Å²) in [5.74, 6) is 3.07. The maximum absolute atomic E-state index is 5.92. The maximum atomic E-state index is 5.92. The van der Waals surface area contributed by atoms with Crippen LogP contribution in [0.5, 0.6) is 0 Å². The van der Waals surface area contributed by atoms with Gasteiger partial charge in [-0.1, -0.05) is 6.92 Å². The van der Waals surface area contributed by atoms with Crippen LogP contribution in [0.15, 0.2) is 4.99 Å². The molecule has 0 saturated carbocycles. The minimum absolute atomic E-state index is 0.722. The second kappa shape index (κ2) is 6.95. The number of hydrogen-bond acceptors (Lipinski definition) is 3. The molecule has 0 radical (unpaired) electrons. The fourth-order valence-corrected chi connectivity index (χ4v) is 2.29. The van der Waals surface area contributed by atoms with Gasteiger partial charge < -0.3 is 15.5 Å². The third-order valence-electron chi connectivity index (χ3n) is 2.63. The summed E-state index contributed by atoms with van der Waals surface area (Å²) in [4.78, 5) is 8.83. The Labute approximate surface area is 96.9 Å². The van der Waals surface area contributed by atoms with Crippen LogP contribution < -0.4 is 5.73 Å². The van der Waals surface area contributed by atoms with E-state index in [0.29, 0.717) is 0 Å². The standard InChI is InChI=1S/C10H22N4S/c1-3-13(2)5-4-12-10(11)14-6-8-15-9-7-14/h3-9H2,1-2H3,(H2,11,12). The Bertz CT molecular complexity index is 202. The van der Waals surface area contributed by atoms with Crippen molar-refractivity contribution in [2.75, 3.05) is 51.3 Å². The molecule has 1 saturated heterocycles. The Morgan fingerprint density at radius 1 is 1.47 bits per heavy atom. The van der Waals surface area contributed by atoms with Gasteiger partial charge in [0.05, 0.1) is 6.54 Å². The van der Waals surface area contributed by atoms with E-state index >= 15 is 0 Å². The van der Waals surface area contributed by atoms with Crippen molar-refractivity contribution in [3.63, 3.8) is 0 Å². The maximum Gasteiger partial charge on any atom is 0.191 e. The highest BCUT2D eigenvalue weighted by Gasteiger charge is 2.11.